The summed E-state index contributed by atoms with van der Waals surface area (Å²) in [7, 11) is 0. The molecule has 1 aromatic rings. The van der Waals surface area contributed by atoms with Gasteiger partial charge in [-0.2, -0.15) is 5.10 Å². The molecule has 0 spiro atoms. The van der Waals surface area contributed by atoms with Crippen LogP contribution in [0.15, 0.2) is 12.4 Å². The van der Waals surface area contributed by atoms with E-state index in [0.717, 1.165) is 32.6 Å². The van der Waals surface area contributed by atoms with E-state index in [1.807, 2.05) is 0 Å². The summed E-state index contributed by atoms with van der Waals surface area (Å²) in [5, 5.41) is 27.4. The van der Waals surface area contributed by atoms with Crippen LogP contribution < -0.4 is 5.32 Å². The Morgan fingerprint density at radius 2 is 2.29 bits per heavy atom. The summed E-state index contributed by atoms with van der Waals surface area (Å²) in [6.07, 6.45) is 3.02. The van der Waals surface area contributed by atoms with E-state index in [1.165, 1.54) is 17.1 Å². The molecule has 0 amide bonds. The minimum Gasteiger partial charge on any atom is -0.390 e. The maximum atomic E-state index is 10.5. The minimum absolute atomic E-state index is 0.0617. The summed E-state index contributed by atoms with van der Waals surface area (Å²) in [6.45, 7) is 8.84. The van der Waals surface area contributed by atoms with E-state index in [2.05, 4.69) is 29.2 Å². The molecule has 120 valence electrons. The van der Waals surface area contributed by atoms with Crippen LogP contribution in [0.3, 0.4) is 0 Å². The van der Waals surface area contributed by atoms with Crippen molar-refractivity contribution in [2.75, 3.05) is 32.7 Å². The highest BCUT2D eigenvalue weighted by molar-refractivity contribution is 5.20. The highest BCUT2D eigenvalue weighted by atomic mass is 16.6. The molecule has 1 rings (SSSR count). The molecule has 8 nitrogen and oxygen atoms in total. The molecular weight excluding hydrogens is 274 g/mol. The molecule has 1 aromatic heterocycles. The van der Waals surface area contributed by atoms with Crippen molar-refractivity contribution in [1.29, 1.82) is 0 Å². The van der Waals surface area contributed by atoms with E-state index >= 15 is 0 Å². The fourth-order valence-corrected chi connectivity index (χ4v) is 2.08. The first-order valence-electron chi connectivity index (χ1n) is 7.34. The van der Waals surface area contributed by atoms with E-state index < -0.39 is 11.0 Å². The van der Waals surface area contributed by atoms with Gasteiger partial charge in [-0.3, -0.25) is 14.8 Å². The van der Waals surface area contributed by atoms with Crippen molar-refractivity contribution in [2.45, 2.75) is 32.9 Å². The topological polar surface area (TPSA) is 96.5 Å². The molecule has 2 N–H and O–H groups in total. The molecule has 0 saturated carbocycles. The number of likely N-dealkylation sites (N-methyl/N-ethyl adjacent to an activating group) is 1. The van der Waals surface area contributed by atoms with Crippen molar-refractivity contribution in [2.24, 2.45) is 0 Å². The molecule has 0 aliphatic rings. The Kier molecular flexibility index (Phi) is 7.88. The number of rotatable bonds is 11. The van der Waals surface area contributed by atoms with Gasteiger partial charge in [-0.1, -0.05) is 13.8 Å². The van der Waals surface area contributed by atoms with Crippen molar-refractivity contribution in [1.82, 2.24) is 20.0 Å². The summed E-state index contributed by atoms with van der Waals surface area (Å²) in [6, 6.07) is 0. The monoisotopic (exact) mass is 299 g/mol. The van der Waals surface area contributed by atoms with Crippen LogP contribution in [0.2, 0.25) is 0 Å². The number of hydrogen-bond acceptors (Lipinski definition) is 6. The van der Waals surface area contributed by atoms with Crippen LogP contribution in [0.4, 0.5) is 5.69 Å². The lowest BCUT2D eigenvalue weighted by molar-refractivity contribution is -0.385. The van der Waals surface area contributed by atoms with Gasteiger partial charge in [0.15, 0.2) is 0 Å². The van der Waals surface area contributed by atoms with Crippen molar-refractivity contribution in [3.8, 4) is 0 Å². The van der Waals surface area contributed by atoms with E-state index in [0.29, 0.717) is 6.54 Å². The van der Waals surface area contributed by atoms with Crippen LogP contribution in [0.1, 0.15) is 20.3 Å². The zero-order valence-electron chi connectivity index (χ0n) is 12.7. The van der Waals surface area contributed by atoms with Crippen LogP contribution >= 0.6 is 0 Å². The standard InChI is InChI=1S/C13H25N5O3/c1-3-6-16(4-2)7-5-14-9-13(19)11-17-10-12(8-15-17)18(20)21/h8,10,13-14,19H,3-7,9,11H2,1-2H3. The van der Waals surface area contributed by atoms with E-state index in [4.69, 9.17) is 0 Å². The quantitative estimate of drug-likeness (QED) is 0.350. The normalized spacial score (nSPS) is 12.8. The minimum atomic E-state index is -0.620. The number of nitro groups is 1. The Hall–Kier alpha value is -1.51. The first-order chi connectivity index (χ1) is 10.1. The van der Waals surface area contributed by atoms with Crippen molar-refractivity contribution in [3.05, 3.63) is 22.5 Å². The summed E-state index contributed by atoms with van der Waals surface area (Å²) in [5.41, 5.74) is -0.0617. The Morgan fingerprint density at radius 3 is 2.86 bits per heavy atom. The van der Waals surface area contributed by atoms with Crippen molar-refractivity contribution in [3.63, 3.8) is 0 Å². The molecule has 0 radical (unpaired) electrons. The van der Waals surface area contributed by atoms with Gasteiger partial charge in [-0.15, -0.1) is 0 Å². The lowest BCUT2D eigenvalue weighted by Crippen LogP contribution is -2.37. The average Bonchev–Trinajstić information content (AvgIpc) is 2.91. The molecule has 21 heavy (non-hydrogen) atoms. The number of nitrogens with one attached hydrogen (secondary N) is 1. The maximum Gasteiger partial charge on any atom is 0.306 e. The van der Waals surface area contributed by atoms with E-state index in [-0.39, 0.29) is 12.2 Å². The smallest absolute Gasteiger partial charge is 0.306 e. The number of aliphatic hydroxyl groups is 1. The first-order valence-corrected chi connectivity index (χ1v) is 7.34. The zero-order chi connectivity index (χ0) is 15.7. The first kappa shape index (κ1) is 17.5. The summed E-state index contributed by atoms with van der Waals surface area (Å²) < 4.78 is 1.39. The van der Waals surface area contributed by atoms with Gasteiger partial charge in [-0.05, 0) is 19.5 Å². The lowest BCUT2D eigenvalue weighted by atomic mass is 10.3. The largest absolute Gasteiger partial charge is 0.390 e. The second-order valence-electron chi connectivity index (χ2n) is 4.97. The second kappa shape index (κ2) is 9.43. The van der Waals surface area contributed by atoms with Crippen LogP contribution in [-0.2, 0) is 6.54 Å². The lowest BCUT2D eigenvalue weighted by Gasteiger charge is -2.20. The average molecular weight is 299 g/mol. The van der Waals surface area contributed by atoms with Gasteiger partial charge >= 0.3 is 5.69 Å². The SMILES string of the molecule is CCCN(CC)CCNCC(O)Cn1cc([N+](=O)[O-])cn1. The molecule has 0 fully saturated rings. The number of aliphatic hydroxyl groups excluding tert-OH is 1. The molecule has 1 heterocycles. The van der Waals surface area contributed by atoms with Crippen LogP contribution in [0, 0.1) is 10.1 Å². The third-order valence-corrected chi connectivity index (χ3v) is 3.20. The summed E-state index contributed by atoms with van der Waals surface area (Å²) in [5.74, 6) is 0. The third-order valence-electron chi connectivity index (χ3n) is 3.20. The fourth-order valence-electron chi connectivity index (χ4n) is 2.08. The number of nitrogens with zero attached hydrogens (tertiary/aromatic N) is 4. The van der Waals surface area contributed by atoms with Gasteiger partial charge in [0.25, 0.3) is 0 Å². The Morgan fingerprint density at radius 1 is 1.52 bits per heavy atom. The predicted molar refractivity (Wildman–Crippen MR) is 80.2 cm³/mol. The highest BCUT2D eigenvalue weighted by Crippen LogP contribution is 2.07. The van der Waals surface area contributed by atoms with Crippen LogP contribution in [-0.4, -0.2) is 63.5 Å². The van der Waals surface area contributed by atoms with Crippen LogP contribution in [0.5, 0.6) is 0 Å². The molecule has 0 aromatic carbocycles. The molecule has 0 saturated heterocycles. The molecule has 1 atom stereocenters. The van der Waals surface area contributed by atoms with Crippen molar-refractivity contribution >= 4 is 5.69 Å². The second-order valence-corrected chi connectivity index (χ2v) is 4.97. The van der Waals surface area contributed by atoms with Gasteiger partial charge in [0.1, 0.15) is 12.4 Å². The Labute approximate surface area is 124 Å². The zero-order valence-corrected chi connectivity index (χ0v) is 12.7. The molecule has 1 unspecified atom stereocenters. The number of hydrogen-bond donors (Lipinski definition) is 2. The van der Waals surface area contributed by atoms with Gasteiger partial charge in [0.05, 0.1) is 17.6 Å². The molecule has 8 heteroatoms. The highest BCUT2D eigenvalue weighted by Gasteiger charge is 2.11. The predicted octanol–water partition coefficient (Wildman–Crippen LogP) is 0.474. The number of aromatic nitrogens is 2. The molecule has 0 aliphatic carbocycles. The van der Waals surface area contributed by atoms with Gasteiger partial charge in [0.2, 0.25) is 0 Å². The molecule has 0 bridgehead atoms. The summed E-state index contributed by atoms with van der Waals surface area (Å²) >= 11 is 0. The van der Waals surface area contributed by atoms with Gasteiger partial charge in [-0.25, -0.2) is 0 Å². The van der Waals surface area contributed by atoms with Gasteiger partial charge in [0, 0.05) is 19.6 Å². The maximum absolute atomic E-state index is 10.5. The Balaban J connectivity index is 2.21. The third kappa shape index (κ3) is 6.65. The molecular formula is C13H25N5O3. The Bertz CT molecular complexity index is 424. The molecule has 0 aliphatic heterocycles. The van der Waals surface area contributed by atoms with Gasteiger partial charge < -0.3 is 15.3 Å². The van der Waals surface area contributed by atoms with Crippen LogP contribution in [0.25, 0.3) is 0 Å². The fraction of sp³-hybridized carbons (Fsp3) is 0.769. The van der Waals surface area contributed by atoms with E-state index in [9.17, 15) is 15.2 Å². The van der Waals surface area contributed by atoms with Crippen molar-refractivity contribution < 1.29 is 10.0 Å². The van der Waals surface area contributed by atoms with E-state index in [1.54, 1.807) is 0 Å². The summed E-state index contributed by atoms with van der Waals surface area (Å²) in [4.78, 5) is 12.4.